The van der Waals surface area contributed by atoms with Gasteiger partial charge in [-0.2, -0.15) is 0 Å². The van der Waals surface area contributed by atoms with Crippen molar-refractivity contribution in [2.75, 3.05) is 6.61 Å². The fourth-order valence-electron chi connectivity index (χ4n) is 2.35. The molecule has 0 aliphatic carbocycles. The van der Waals surface area contributed by atoms with E-state index >= 15 is 0 Å². The van der Waals surface area contributed by atoms with Gasteiger partial charge < -0.3 is 19.3 Å². The number of rotatable bonds is 4. The van der Waals surface area contributed by atoms with Crippen molar-refractivity contribution in [2.24, 2.45) is 0 Å². The lowest BCUT2D eigenvalue weighted by Gasteiger charge is -2.16. The van der Waals surface area contributed by atoms with Gasteiger partial charge in [-0.1, -0.05) is 17.3 Å². The number of nitrogens with zero attached hydrogens (tertiary/aromatic N) is 1. The van der Waals surface area contributed by atoms with Crippen LogP contribution in [0.25, 0.3) is 11.3 Å². The summed E-state index contributed by atoms with van der Waals surface area (Å²) in [5, 5.41) is 6.39. The van der Waals surface area contributed by atoms with Crippen LogP contribution in [0.2, 0.25) is 0 Å². The Morgan fingerprint density at radius 1 is 1.39 bits per heavy atom. The van der Waals surface area contributed by atoms with Crippen LogP contribution >= 0.6 is 0 Å². The van der Waals surface area contributed by atoms with E-state index in [0.717, 1.165) is 5.56 Å². The number of carbonyl (C=O) groups excluding carboxylic acids is 2. The standard InChI is InChI=1S/C16H16N2O5/c1-3-21-16(20)9(2)17-15(19)13-11-8-22-12-7-5-4-6-10(12)14(11)23-18-13/h4-7,9H,3,8H2,1-2H3,(H,17,19)/t9-/m1/s1. The SMILES string of the molecule is CCOC(=O)[C@@H](C)NC(=O)c1noc2c1COc1ccccc1-2. The van der Waals surface area contributed by atoms with Crippen LogP contribution in [0, 0.1) is 0 Å². The molecule has 1 aromatic heterocycles. The number of aromatic nitrogens is 1. The Kier molecular flexibility index (Phi) is 4.01. The fourth-order valence-corrected chi connectivity index (χ4v) is 2.35. The summed E-state index contributed by atoms with van der Waals surface area (Å²) in [7, 11) is 0. The molecule has 2 aromatic rings. The Bertz CT molecular complexity index is 753. The Balaban J connectivity index is 1.82. The molecule has 7 nitrogen and oxygen atoms in total. The van der Waals surface area contributed by atoms with Crippen LogP contribution in [0.5, 0.6) is 5.75 Å². The van der Waals surface area contributed by atoms with E-state index in [1.54, 1.807) is 13.8 Å². The first-order chi connectivity index (χ1) is 11.1. The molecule has 0 fully saturated rings. The molecule has 1 aliphatic heterocycles. The topological polar surface area (TPSA) is 90.7 Å². The summed E-state index contributed by atoms with van der Waals surface area (Å²) < 4.78 is 15.8. The van der Waals surface area contributed by atoms with Crippen LogP contribution in [0.15, 0.2) is 28.8 Å². The quantitative estimate of drug-likeness (QED) is 0.867. The molecule has 0 unspecified atom stereocenters. The maximum atomic E-state index is 12.3. The normalized spacial score (nSPS) is 13.3. The average Bonchev–Trinajstić information content (AvgIpc) is 2.99. The Morgan fingerprint density at radius 2 is 2.17 bits per heavy atom. The molecule has 120 valence electrons. The number of hydrogen-bond acceptors (Lipinski definition) is 6. The first-order valence-corrected chi connectivity index (χ1v) is 7.30. The predicted molar refractivity (Wildman–Crippen MR) is 79.8 cm³/mol. The first-order valence-electron chi connectivity index (χ1n) is 7.30. The third kappa shape index (κ3) is 2.77. The highest BCUT2D eigenvalue weighted by Crippen LogP contribution is 2.38. The molecule has 0 radical (unpaired) electrons. The van der Waals surface area contributed by atoms with Crippen molar-refractivity contribution in [3.8, 4) is 17.1 Å². The number of carbonyl (C=O) groups is 2. The lowest BCUT2D eigenvalue weighted by atomic mass is 10.0. The number of benzene rings is 1. The predicted octanol–water partition coefficient (Wildman–Crippen LogP) is 1.92. The van der Waals surface area contributed by atoms with Gasteiger partial charge >= 0.3 is 5.97 Å². The molecular formula is C16H16N2O5. The van der Waals surface area contributed by atoms with Crippen LogP contribution in [0.3, 0.4) is 0 Å². The second-order valence-electron chi connectivity index (χ2n) is 5.07. The summed E-state index contributed by atoms with van der Waals surface area (Å²) in [6, 6.07) is 6.59. The van der Waals surface area contributed by atoms with Crippen LogP contribution in [0.4, 0.5) is 0 Å². The average molecular weight is 316 g/mol. The van der Waals surface area contributed by atoms with Crippen molar-refractivity contribution < 1.29 is 23.6 Å². The van der Waals surface area contributed by atoms with Crippen molar-refractivity contribution in [3.63, 3.8) is 0 Å². The number of hydrogen-bond donors (Lipinski definition) is 1. The van der Waals surface area contributed by atoms with E-state index in [1.807, 2.05) is 24.3 Å². The largest absolute Gasteiger partial charge is 0.488 e. The molecule has 0 bridgehead atoms. The second kappa shape index (κ2) is 6.12. The molecule has 1 N–H and O–H groups in total. The van der Waals surface area contributed by atoms with Crippen LogP contribution in [-0.2, 0) is 16.1 Å². The molecule has 1 aromatic carbocycles. The highest BCUT2D eigenvalue weighted by Gasteiger charge is 2.29. The highest BCUT2D eigenvalue weighted by atomic mass is 16.5. The number of nitrogens with one attached hydrogen (secondary N) is 1. The van der Waals surface area contributed by atoms with E-state index in [9.17, 15) is 9.59 Å². The minimum absolute atomic E-state index is 0.116. The van der Waals surface area contributed by atoms with Crippen LogP contribution < -0.4 is 10.1 Å². The Labute approximate surface area is 132 Å². The number of para-hydroxylation sites is 1. The summed E-state index contributed by atoms with van der Waals surface area (Å²) in [6.07, 6.45) is 0. The van der Waals surface area contributed by atoms with Gasteiger partial charge in [0.25, 0.3) is 5.91 Å². The van der Waals surface area contributed by atoms with E-state index in [2.05, 4.69) is 10.5 Å². The number of fused-ring (bicyclic) bond motifs is 3. The van der Waals surface area contributed by atoms with Crippen molar-refractivity contribution in [3.05, 3.63) is 35.5 Å². The van der Waals surface area contributed by atoms with Gasteiger partial charge in [0.05, 0.1) is 17.7 Å². The molecule has 1 atom stereocenters. The minimum Gasteiger partial charge on any atom is -0.488 e. The number of esters is 1. The second-order valence-corrected chi connectivity index (χ2v) is 5.07. The molecular weight excluding hydrogens is 300 g/mol. The van der Waals surface area contributed by atoms with Gasteiger partial charge in [-0.25, -0.2) is 4.79 Å². The zero-order chi connectivity index (χ0) is 16.4. The summed E-state index contributed by atoms with van der Waals surface area (Å²) in [4.78, 5) is 23.9. The third-order valence-corrected chi connectivity index (χ3v) is 3.49. The van der Waals surface area contributed by atoms with Gasteiger partial charge in [-0.15, -0.1) is 0 Å². The number of ether oxygens (including phenoxy) is 2. The lowest BCUT2D eigenvalue weighted by molar-refractivity contribution is -0.144. The van der Waals surface area contributed by atoms with E-state index < -0.39 is 17.9 Å². The smallest absolute Gasteiger partial charge is 0.328 e. The molecule has 0 spiro atoms. The van der Waals surface area contributed by atoms with Gasteiger partial charge in [0, 0.05) is 0 Å². The first kappa shape index (κ1) is 15.1. The van der Waals surface area contributed by atoms with E-state index in [-0.39, 0.29) is 18.9 Å². The zero-order valence-corrected chi connectivity index (χ0v) is 12.8. The van der Waals surface area contributed by atoms with Crippen molar-refractivity contribution in [1.29, 1.82) is 0 Å². The monoisotopic (exact) mass is 316 g/mol. The summed E-state index contributed by atoms with van der Waals surface area (Å²) >= 11 is 0. The van der Waals surface area contributed by atoms with Crippen molar-refractivity contribution in [2.45, 2.75) is 26.5 Å². The van der Waals surface area contributed by atoms with E-state index in [4.69, 9.17) is 14.0 Å². The molecule has 0 saturated heterocycles. The molecule has 1 amide bonds. The Morgan fingerprint density at radius 3 is 2.96 bits per heavy atom. The molecule has 2 heterocycles. The Hall–Kier alpha value is -2.83. The lowest BCUT2D eigenvalue weighted by Crippen LogP contribution is -2.40. The van der Waals surface area contributed by atoms with Crippen LogP contribution in [-0.4, -0.2) is 29.7 Å². The number of amides is 1. The minimum atomic E-state index is -0.772. The van der Waals surface area contributed by atoms with Crippen molar-refractivity contribution in [1.82, 2.24) is 10.5 Å². The molecule has 1 aliphatic rings. The fraction of sp³-hybridized carbons (Fsp3) is 0.312. The van der Waals surface area contributed by atoms with Crippen molar-refractivity contribution >= 4 is 11.9 Å². The zero-order valence-electron chi connectivity index (χ0n) is 12.8. The summed E-state index contributed by atoms with van der Waals surface area (Å²) in [6.45, 7) is 3.69. The molecule has 7 heteroatoms. The van der Waals surface area contributed by atoms with Gasteiger partial charge in [-0.3, -0.25) is 4.79 Å². The molecule has 3 rings (SSSR count). The molecule has 0 saturated carbocycles. The van der Waals surface area contributed by atoms with Gasteiger partial charge in [0.15, 0.2) is 11.5 Å². The molecule has 23 heavy (non-hydrogen) atoms. The highest BCUT2D eigenvalue weighted by molar-refractivity contribution is 5.97. The van der Waals surface area contributed by atoms with E-state index in [1.165, 1.54) is 0 Å². The maximum absolute atomic E-state index is 12.3. The summed E-state index contributed by atoms with van der Waals surface area (Å²) in [5.74, 6) is 0.196. The third-order valence-electron chi connectivity index (χ3n) is 3.49. The van der Waals surface area contributed by atoms with Gasteiger partial charge in [0.1, 0.15) is 18.4 Å². The van der Waals surface area contributed by atoms with Gasteiger partial charge in [-0.05, 0) is 26.0 Å². The van der Waals surface area contributed by atoms with E-state index in [0.29, 0.717) is 17.1 Å². The van der Waals surface area contributed by atoms with Crippen LogP contribution in [0.1, 0.15) is 29.9 Å². The summed E-state index contributed by atoms with van der Waals surface area (Å²) in [5.41, 5.74) is 1.43. The van der Waals surface area contributed by atoms with Gasteiger partial charge in [0.2, 0.25) is 0 Å². The maximum Gasteiger partial charge on any atom is 0.328 e.